The summed E-state index contributed by atoms with van der Waals surface area (Å²) in [6.45, 7) is 2.80. The number of anilines is 1. The third-order valence-electron chi connectivity index (χ3n) is 3.44. The van der Waals surface area contributed by atoms with Crippen molar-refractivity contribution in [3.05, 3.63) is 23.8 Å². The number of carbonyl (C=O) groups excluding carboxylic acids is 1. The summed E-state index contributed by atoms with van der Waals surface area (Å²) >= 11 is 0. The van der Waals surface area contributed by atoms with Crippen molar-refractivity contribution in [3.8, 4) is 5.75 Å². The molecule has 0 unspecified atom stereocenters. The number of hydrogen-bond donors (Lipinski definition) is 2. The molecule has 1 heterocycles. The van der Waals surface area contributed by atoms with E-state index in [4.69, 9.17) is 15.6 Å². The molecule has 114 valence electrons. The van der Waals surface area contributed by atoms with Gasteiger partial charge in [0, 0.05) is 31.9 Å². The summed E-state index contributed by atoms with van der Waals surface area (Å²) < 4.78 is 5.35. The molecule has 21 heavy (non-hydrogen) atoms. The van der Waals surface area contributed by atoms with Crippen molar-refractivity contribution in [1.29, 1.82) is 0 Å². The highest BCUT2D eigenvalue weighted by Crippen LogP contribution is 2.21. The maximum atomic E-state index is 12.0. The lowest BCUT2D eigenvalue weighted by atomic mass is 10.2. The first-order valence-electron chi connectivity index (χ1n) is 6.69. The molecule has 2 rings (SSSR count). The van der Waals surface area contributed by atoms with E-state index in [1.807, 2.05) is 7.05 Å². The van der Waals surface area contributed by atoms with Crippen molar-refractivity contribution >= 4 is 17.6 Å². The Bertz CT molecular complexity index is 539. The number of nitrogen functional groups attached to an aromatic ring is 1. The van der Waals surface area contributed by atoms with Gasteiger partial charge in [-0.25, -0.2) is 4.79 Å². The van der Waals surface area contributed by atoms with Crippen molar-refractivity contribution in [3.63, 3.8) is 0 Å². The minimum Gasteiger partial charge on any atom is -0.483 e. The Morgan fingerprint density at radius 3 is 2.57 bits per heavy atom. The van der Waals surface area contributed by atoms with Gasteiger partial charge in [-0.2, -0.15) is 0 Å². The predicted octanol–water partition coefficient (Wildman–Crippen LogP) is 0.120. The summed E-state index contributed by atoms with van der Waals surface area (Å²) in [6, 6.07) is 4.33. The Balaban J connectivity index is 1.96. The maximum Gasteiger partial charge on any atom is 0.339 e. The summed E-state index contributed by atoms with van der Waals surface area (Å²) in [6.07, 6.45) is 0. The number of likely N-dealkylation sites (N-methyl/N-ethyl adjacent to an activating group) is 1. The minimum atomic E-state index is -1.13. The highest BCUT2D eigenvalue weighted by molar-refractivity contribution is 5.92. The molecule has 0 saturated carbocycles. The Morgan fingerprint density at radius 1 is 1.29 bits per heavy atom. The summed E-state index contributed by atoms with van der Waals surface area (Å²) in [7, 11) is 2.01. The van der Waals surface area contributed by atoms with Gasteiger partial charge in [-0.05, 0) is 25.2 Å². The summed E-state index contributed by atoms with van der Waals surface area (Å²) in [4.78, 5) is 27.0. The van der Waals surface area contributed by atoms with Crippen LogP contribution in [-0.2, 0) is 4.79 Å². The fraction of sp³-hybridized carbons (Fsp3) is 0.429. The van der Waals surface area contributed by atoms with Crippen molar-refractivity contribution < 1.29 is 19.4 Å². The monoisotopic (exact) mass is 293 g/mol. The number of nitrogens with two attached hydrogens (primary N) is 1. The zero-order chi connectivity index (χ0) is 15.4. The number of amides is 1. The van der Waals surface area contributed by atoms with Crippen LogP contribution in [0.25, 0.3) is 0 Å². The van der Waals surface area contributed by atoms with E-state index in [1.54, 1.807) is 11.0 Å². The zero-order valence-corrected chi connectivity index (χ0v) is 11.9. The van der Waals surface area contributed by atoms with E-state index >= 15 is 0 Å². The highest BCUT2D eigenvalue weighted by atomic mass is 16.5. The average molecular weight is 293 g/mol. The quantitative estimate of drug-likeness (QED) is 0.766. The van der Waals surface area contributed by atoms with Crippen LogP contribution in [0.2, 0.25) is 0 Å². The van der Waals surface area contributed by atoms with Crippen LogP contribution in [0.5, 0.6) is 5.75 Å². The van der Waals surface area contributed by atoms with E-state index in [0.717, 1.165) is 13.1 Å². The largest absolute Gasteiger partial charge is 0.483 e. The summed E-state index contributed by atoms with van der Waals surface area (Å²) in [5.41, 5.74) is 5.85. The molecule has 1 saturated heterocycles. The number of carboxylic acid groups (broad SMARTS) is 1. The molecule has 1 aromatic carbocycles. The van der Waals surface area contributed by atoms with Crippen molar-refractivity contribution in [2.75, 3.05) is 45.6 Å². The lowest BCUT2D eigenvalue weighted by Gasteiger charge is -2.32. The second-order valence-corrected chi connectivity index (χ2v) is 5.03. The maximum absolute atomic E-state index is 12.0. The number of aromatic carboxylic acids is 1. The molecule has 1 fully saturated rings. The Hall–Kier alpha value is -2.28. The van der Waals surface area contributed by atoms with Crippen LogP contribution in [0.1, 0.15) is 10.4 Å². The van der Waals surface area contributed by atoms with Crippen LogP contribution in [0.4, 0.5) is 5.69 Å². The van der Waals surface area contributed by atoms with Gasteiger partial charge >= 0.3 is 5.97 Å². The van der Waals surface area contributed by atoms with E-state index in [0.29, 0.717) is 18.8 Å². The van der Waals surface area contributed by atoms with Gasteiger partial charge < -0.3 is 25.4 Å². The minimum absolute atomic E-state index is 0.0406. The fourth-order valence-electron chi connectivity index (χ4n) is 2.13. The Kier molecular flexibility index (Phi) is 4.64. The molecule has 0 aromatic heterocycles. The Labute approximate surface area is 122 Å². The van der Waals surface area contributed by atoms with E-state index < -0.39 is 5.97 Å². The van der Waals surface area contributed by atoms with Gasteiger partial charge in [-0.3, -0.25) is 4.79 Å². The third kappa shape index (κ3) is 3.85. The van der Waals surface area contributed by atoms with Gasteiger partial charge in [0.15, 0.2) is 6.61 Å². The number of benzene rings is 1. The Morgan fingerprint density at radius 2 is 1.95 bits per heavy atom. The third-order valence-corrected chi connectivity index (χ3v) is 3.44. The number of rotatable bonds is 4. The average Bonchev–Trinajstić information content (AvgIpc) is 2.46. The first-order chi connectivity index (χ1) is 9.97. The molecular weight excluding hydrogens is 274 g/mol. The van der Waals surface area contributed by atoms with Gasteiger partial charge in [-0.15, -0.1) is 0 Å². The molecule has 0 aliphatic carbocycles. The van der Waals surface area contributed by atoms with Gasteiger partial charge in [0.1, 0.15) is 11.3 Å². The second kappa shape index (κ2) is 6.45. The molecule has 1 aliphatic rings. The van der Waals surface area contributed by atoms with E-state index in [1.165, 1.54) is 12.1 Å². The summed E-state index contributed by atoms with van der Waals surface area (Å²) in [5.74, 6) is -1.13. The van der Waals surface area contributed by atoms with Crippen LogP contribution >= 0.6 is 0 Å². The predicted molar refractivity (Wildman–Crippen MR) is 77.4 cm³/mol. The molecule has 0 radical (unpaired) electrons. The lowest BCUT2D eigenvalue weighted by Crippen LogP contribution is -2.48. The zero-order valence-electron chi connectivity index (χ0n) is 11.9. The molecule has 3 N–H and O–H groups in total. The molecule has 0 bridgehead atoms. The number of hydrogen-bond acceptors (Lipinski definition) is 5. The molecule has 0 atom stereocenters. The van der Waals surface area contributed by atoms with Gasteiger partial charge in [0.25, 0.3) is 5.91 Å². The van der Waals surface area contributed by atoms with Crippen molar-refractivity contribution in [2.24, 2.45) is 0 Å². The standard InChI is InChI=1S/C14H19N3O4/c1-16-4-6-17(7-5-16)13(18)9-21-12-3-2-10(15)8-11(12)14(19)20/h2-3,8H,4-7,9,15H2,1H3,(H,19,20). The van der Waals surface area contributed by atoms with Gasteiger partial charge in [-0.1, -0.05) is 0 Å². The highest BCUT2D eigenvalue weighted by Gasteiger charge is 2.20. The SMILES string of the molecule is CN1CCN(C(=O)COc2ccc(N)cc2C(=O)O)CC1. The van der Waals surface area contributed by atoms with Crippen LogP contribution in [-0.4, -0.2) is 66.6 Å². The molecule has 7 nitrogen and oxygen atoms in total. The molecular formula is C14H19N3O4. The molecule has 1 aliphatic heterocycles. The van der Waals surface area contributed by atoms with Gasteiger partial charge in [0.2, 0.25) is 0 Å². The van der Waals surface area contributed by atoms with E-state index in [2.05, 4.69) is 4.90 Å². The smallest absolute Gasteiger partial charge is 0.339 e. The van der Waals surface area contributed by atoms with E-state index in [9.17, 15) is 9.59 Å². The van der Waals surface area contributed by atoms with Crippen molar-refractivity contribution in [2.45, 2.75) is 0 Å². The number of nitrogens with zero attached hydrogens (tertiary/aromatic N) is 2. The number of carboxylic acids is 1. The normalized spacial score (nSPS) is 15.8. The van der Waals surface area contributed by atoms with E-state index in [-0.39, 0.29) is 23.8 Å². The number of carbonyl (C=O) groups is 2. The van der Waals surface area contributed by atoms with Crippen LogP contribution < -0.4 is 10.5 Å². The summed E-state index contributed by atoms with van der Waals surface area (Å²) in [5, 5.41) is 9.10. The van der Waals surface area contributed by atoms with Crippen LogP contribution in [0.3, 0.4) is 0 Å². The lowest BCUT2D eigenvalue weighted by molar-refractivity contribution is -0.134. The molecule has 1 amide bonds. The first-order valence-corrected chi connectivity index (χ1v) is 6.69. The molecule has 0 spiro atoms. The van der Waals surface area contributed by atoms with Crippen LogP contribution in [0, 0.1) is 0 Å². The first kappa shape index (κ1) is 15.1. The number of ether oxygens (including phenoxy) is 1. The second-order valence-electron chi connectivity index (χ2n) is 5.03. The van der Waals surface area contributed by atoms with Gasteiger partial charge in [0.05, 0.1) is 0 Å². The van der Waals surface area contributed by atoms with Crippen molar-refractivity contribution in [1.82, 2.24) is 9.80 Å². The number of piperazine rings is 1. The van der Waals surface area contributed by atoms with Crippen LogP contribution in [0.15, 0.2) is 18.2 Å². The molecule has 1 aromatic rings. The topological polar surface area (TPSA) is 96.1 Å². The fourth-order valence-corrected chi connectivity index (χ4v) is 2.13. The molecule has 7 heteroatoms.